The molecule has 0 fully saturated rings. The van der Waals surface area contributed by atoms with E-state index in [9.17, 15) is 4.79 Å². The van der Waals surface area contributed by atoms with Crippen molar-refractivity contribution in [2.24, 2.45) is 5.10 Å². The number of aromatic nitrogens is 2. The smallest absolute Gasteiger partial charge is 0.252 e. The van der Waals surface area contributed by atoms with E-state index in [2.05, 4.69) is 20.5 Å². The SMILES string of the molecule is COc1ccc(-c2cc(=O)[nH]c(N/N=C\c3ccc(C)o3)n2)cc1. The molecule has 1 aromatic carbocycles. The Hall–Kier alpha value is -3.35. The average Bonchev–Trinajstić information content (AvgIpc) is 3.00. The first-order valence-electron chi connectivity index (χ1n) is 7.25. The van der Waals surface area contributed by atoms with E-state index in [0.29, 0.717) is 11.5 Å². The number of furan rings is 1. The van der Waals surface area contributed by atoms with Crippen molar-refractivity contribution in [3.8, 4) is 17.0 Å². The number of hydrogen-bond donors (Lipinski definition) is 2. The van der Waals surface area contributed by atoms with Crippen LogP contribution in [0.4, 0.5) is 5.95 Å². The van der Waals surface area contributed by atoms with Gasteiger partial charge in [-0.05, 0) is 43.3 Å². The fourth-order valence-corrected chi connectivity index (χ4v) is 2.10. The summed E-state index contributed by atoms with van der Waals surface area (Å²) in [4.78, 5) is 18.7. The second-order valence-corrected chi connectivity index (χ2v) is 5.03. The van der Waals surface area contributed by atoms with Gasteiger partial charge in [-0.2, -0.15) is 5.10 Å². The summed E-state index contributed by atoms with van der Waals surface area (Å²) in [5.74, 6) is 2.38. The normalized spacial score (nSPS) is 10.9. The Morgan fingerprint density at radius 3 is 2.71 bits per heavy atom. The lowest BCUT2D eigenvalue weighted by molar-refractivity contribution is 0.415. The third kappa shape index (κ3) is 3.70. The fraction of sp³-hybridized carbons (Fsp3) is 0.118. The van der Waals surface area contributed by atoms with E-state index in [-0.39, 0.29) is 11.5 Å². The number of nitrogens with zero attached hydrogens (tertiary/aromatic N) is 2. The minimum atomic E-state index is -0.276. The molecule has 2 aromatic heterocycles. The Morgan fingerprint density at radius 1 is 1.25 bits per heavy atom. The fourth-order valence-electron chi connectivity index (χ4n) is 2.10. The number of nitrogens with one attached hydrogen (secondary N) is 2. The molecule has 0 bridgehead atoms. The predicted molar refractivity (Wildman–Crippen MR) is 91.5 cm³/mol. The highest BCUT2D eigenvalue weighted by atomic mass is 16.5. The number of aromatic amines is 1. The molecule has 0 unspecified atom stereocenters. The third-order valence-electron chi connectivity index (χ3n) is 3.25. The van der Waals surface area contributed by atoms with Crippen LogP contribution in [0.15, 0.2) is 56.8 Å². The molecule has 3 rings (SSSR count). The van der Waals surface area contributed by atoms with Crippen molar-refractivity contribution in [3.05, 3.63) is 64.3 Å². The highest BCUT2D eigenvalue weighted by Crippen LogP contribution is 2.20. The average molecular weight is 324 g/mol. The summed E-state index contributed by atoms with van der Waals surface area (Å²) in [5.41, 5.74) is 3.76. The van der Waals surface area contributed by atoms with E-state index in [1.807, 2.05) is 37.3 Å². The third-order valence-corrected chi connectivity index (χ3v) is 3.25. The summed E-state index contributed by atoms with van der Waals surface area (Å²) in [6, 6.07) is 12.3. The number of hydrogen-bond acceptors (Lipinski definition) is 6. The first-order chi connectivity index (χ1) is 11.6. The number of ether oxygens (including phenoxy) is 1. The maximum absolute atomic E-state index is 11.8. The van der Waals surface area contributed by atoms with Crippen LogP contribution in [0.3, 0.4) is 0 Å². The summed E-state index contributed by atoms with van der Waals surface area (Å²) in [6.07, 6.45) is 1.51. The maximum Gasteiger partial charge on any atom is 0.252 e. The van der Waals surface area contributed by atoms with Gasteiger partial charge >= 0.3 is 0 Å². The second-order valence-electron chi connectivity index (χ2n) is 5.03. The van der Waals surface area contributed by atoms with Crippen LogP contribution in [0.25, 0.3) is 11.3 Å². The molecule has 0 aliphatic carbocycles. The summed E-state index contributed by atoms with van der Waals surface area (Å²) in [5, 5.41) is 4.01. The zero-order valence-corrected chi connectivity index (χ0v) is 13.2. The Bertz CT molecular complexity index is 910. The van der Waals surface area contributed by atoms with Gasteiger partial charge in [0.25, 0.3) is 5.56 Å². The van der Waals surface area contributed by atoms with Crippen LogP contribution in [0.5, 0.6) is 5.75 Å². The Balaban J connectivity index is 1.80. The van der Waals surface area contributed by atoms with E-state index in [0.717, 1.165) is 17.1 Å². The highest BCUT2D eigenvalue weighted by molar-refractivity contribution is 5.76. The quantitative estimate of drug-likeness (QED) is 0.556. The van der Waals surface area contributed by atoms with Gasteiger partial charge in [0.1, 0.15) is 17.3 Å². The molecular weight excluding hydrogens is 308 g/mol. The van der Waals surface area contributed by atoms with Crippen LogP contribution < -0.4 is 15.7 Å². The van der Waals surface area contributed by atoms with Crippen LogP contribution in [-0.4, -0.2) is 23.3 Å². The molecule has 7 heteroatoms. The van der Waals surface area contributed by atoms with Crippen LogP contribution >= 0.6 is 0 Å². The first kappa shape index (κ1) is 15.5. The molecule has 122 valence electrons. The van der Waals surface area contributed by atoms with Crippen molar-refractivity contribution in [2.75, 3.05) is 12.5 Å². The van der Waals surface area contributed by atoms with Gasteiger partial charge in [0, 0.05) is 11.6 Å². The molecule has 0 saturated heterocycles. The minimum Gasteiger partial charge on any atom is -0.497 e. The Morgan fingerprint density at radius 2 is 2.04 bits per heavy atom. The van der Waals surface area contributed by atoms with E-state index < -0.39 is 0 Å². The molecule has 24 heavy (non-hydrogen) atoms. The van der Waals surface area contributed by atoms with Crippen molar-refractivity contribution < 1.29 is 9.15 Å². The zero-order valence-electron chi connectivity index (χ0n) is 13.2. The standard InChI is InChI=1S/C17H16N4O3/c1-11-3-6-14(24-11)10-18-21-17-19-15(9-16(22)20-17)12-4-7-13(23-2)8-5-12/h3-10H,1-2H3,(H2,19,20,21,22)/b18-10-. The first-order valence-corrected chi connectivity index (χ1v) is 7.25. The van der Waals surface area contributed by atoms with Gasteiger partial charge in [-0.1, -0.05) is 0 Å². The van der Waals surface area contributed by atoms with Gasteiger partial charge in [-0.3, -0.25) is 9.78 Å². The van der Waals surface area contributed by atoms with E-state index >= 15 is 0 Å². The van der Waals surface area contributed by atoms with Crippen LogP contribution in [0, 0.1) is 6.92 Å². The van der Waals surface area contributed by atoms with E-state index in [1.165, 1.54) is 12.3 Å². The van der Waals surface area contributed by atoms with Gasteiger partial charge in [0.05, 0.1) is 19.0 Å². The lowest BCUT2D eigenvalue weighted by Gasteiger charge is -2.05. The summed E-state index contributed by atoms with van der Waals surface area (Å²) >= 11 is 0. The predicted octanol–water partition coefficient (Wildman–Crippen LogP) is 2.79. The molecule has 0 atom stereocenters. The number of aryl methyl sites for hydroxylation is 1. The van der Waals surface area contributed by atoms with Gasteiger partial charge in [0.2, 0.25) is 5.95 Å². The lowest BCUT2D eigenvalue weighted by atomic mass is 10.1. The molecule has 0 amide bonds. The molecule has 7 nitrogen and oxygen atoms in total. The number of benzene rings is 1. The molecule has 0 spiro atoms. The van der Waals surface area contributed by atoms with Gasteiger partial charge < -0.3 is 9.15 Å². The van der Waals surface area contributed by atoms with Crippen LogP contribution in [-0.2, 0) is 0 Å². The summed E-state index contributed by atoms with van der Waals surface area (Å²) < 4.78 is 10.5. The molecule has 3 aromatic rings. The molecule has 2 N–H and O–H groups in total. The lowest BCUT2D eigenvalue weighted by Crippen LogP contribution is -2.10. The largest absolute Gasteiger partial charge is 0.497 e. The molecule has 0 aliphatic heterocycles. The molecule has 0 radical (unpaired) electrons. The number of methoxy groups -OCH3 is 1. The molecule has 0 saturated carbocycles. The topological polar surface area (TPSA) is 92.5 Å². The summed E-state index contributed by atoms with van der Waals surface area (Å²) in [7, 11) is 1.60. The van der Waals surface area contributed by atoms with Crippen molar-refractivity contribution >= 4 is 12.2 Å². The summed E-state index contributed by atoms with van der Waals surface area (Å²) in [6.45, 7) is 1.85. The monoisotopic (exact) mass is 324 g/mol. The highest BCUT2D eigenvalue weighted by Gasteiger charge is 2.04. The number of H-pyrrole nitrogens is 1. The number of anilines is 1. The Labute approximate surface area is 138 Å². The van der Waals surface area contributed by atoms with Crippen molar-refractivity contribution in [1.82, 2.24) is 9.97 Å². The van der Waals surface area contributed by atoms with Crippen LogP contribution in [0.2, 0.25) is 0 Å². The zero-order chi connectivity index (χ0) is 16.9. The van der Waals surface area contributed by atoms with Crippen LogP contribution in [0.1, 0.15) is 11.5 Å². The second kappa shape index (κ2) is 6.82. The van der Waals surface area contributed by atoms with E-state index in [4.69, 9.17) is 9.15 Å². The van der Waals surface area contributed by atoms with Gasteiger partial charge in [-0.15, -0.1) is 0 Å². The van der Waals surface area contributed by atoms with E-state index in [1.54, 1.807) is 13.2 Å². The molecular formula is C17H16N4O3. The Kier molecular flexibility index (Phi) is 4.42. The minimum absolute atomic E-state index is 0.243. The maximum atomic E-state index is 11.8. The number of rotatable bonds is 5. The van der Waals surface area contributed by atoms with Gasteiger partial charge in [0.15, 0.2) is 0 Å². The number of hydrazone groups is 1. The van der Waals surface area contributed by atoms with Crippen molar-refractivity contribution in [2.45, 2.75) is 6.92 Å². The molecule has 0 aliphatic rings. The van der Waals surface area contributed by atoms with Gasteiger partial charge in [-0.25, -0.2) is 10.4 Å². The van der Waals surface area contributed by atoms with Crippen molar-refractivity contribution in [3.63, 3.8) is 0 Å². The van der Waals surface area contributed by atoms with Crippen molar-refractivity contribution in [1.29, 1.82) is 0 Å². The molecule has 2 heterocycles.